The van der Waals surface area contributed by atoms with Crippen molar-refractivity contribution in [1.82, 2.24) is 4.98 Å². The number of anilines is 1. The van der Waals surface area contributed by atoms with E-state index in [0.717, 1.165) is 16.8 Å². The fourth-order valence-corrected chi connectivity index (χ4v) is 1.28. The predicted octanol–water partition coefficient (Wildman–Crippen LogP) is 3.12. The predicted molar refractivity (Wildman–Crippen MR) is 66.4 cm³/mol. The lowest BCUT2D eigenvalue weighted by Crippen LogP contribution is -1.96. The van der Waals surface area contributed by atoms with Crippen LogP contribution in [0.2, 0.25) is 0 Å². The van der Waals surface area contributed by atoms with Gasteiger partial charge in [-0.1, -0.05) is 36.9 Å². The van der Waals surface area contributed by atoms with Gasteiger partial charge in [-0.2, -0.15) is 0 Å². The molecule has 0 saturated heterocycles. The molecule has 0 aliphatic heterocycles. The summed E-state index contributed by atoms with van der Waals surface area (Å²) in [5.74, 6) is 0.531. The number of aryl methyl sites for hydroxylation is 1. The van der Waals surface area contributed by atoms with Gasteiger partial charge in [-0.3, -0.25) is 0 Å². The van der Waals surface area contributed by atoms with Crippen molar-refractivity contribution in [1.29, 1.82) is 0 Å². The van der Waals surface area contributed by atoms with Gasteiger partial charge in [0.15, 0.2) is 0 Å². The molecular weight excluding hydrogens is 184 g/mol. The molecule has 1 heterocycles. The number of pyridine rings is 1. The maximum Gasteiger partial charge on any atom is 0.124 e. The Bertz CT molecular complexity index is 415. The van der Waals surface area contributed by atoms with Gasteiger partial charge in [0, 0.05) is 0 Å². The van der Waals surface area contributed by atoms with E-state index >= 15 is 0 Å². The van der Waals surface area contributed by atoms with Gasteiger partial charge in [-0.25, -0.2) is 4.98 Å². The second-order valence-electron chi connectivity index (χ2n) is 3.25. The van der Waals surface area contributed by atoms with Crippen molar-refractivity contribution in [3.63, 3.8) is 0 Å². The second kappa shape index (κ2) is 5.15. The third kappa shape index (κ3) is 2.81. The zero-order chi connectivity index (χ0) is 11.3. The van der Waals surface area contributed by atoms with Crippen LogP contribution in [-0.4, -0.2) is 4.98 Å². The van der Waals surface area contributed by atoms with Crippen molar-refractivity contribution in [2.75, 3.05) is 5.73 Å². The first-order chi connectivity index (χ1) is 7.19. The summed E-state index contributed by atoms with van der Waals surface area (Å²) < 4.78 is 0. The summed E-state index contributed by atoms with van der Waals surface area (Å²) in [4.78, 5) is 4.30. The normalized spacial score (nSPS) is 12.0. The standard InChI is InChI=1S/C13H16N2/c1-4-6-7-11(5-2)13-10(3)8-9-12(14)15-13/h4-9H,2H2,1,3H3,(H2,14,15)/b6-4+,11-7+. The molecule has 0 aliphatic carbocycles. The van der Waals surface area contributed by atoms with E-state index in [1.807, 2.05) is 38.1 Å². The highest BCUT2D eigenvalue weighted by Gasteiger charge is 2.03. The number of nitrogens with zero attached hydrogens (tertiary/aromatic N) is 1. The van der Waals surface area contributed by atoms with Crippen LogP contribution < -0.4 is 5.73 Å². The minimum absolute atomic E-state index is 0.531. The van der Waals surface area contributed by atoms with Crippen LogP contribution in [0, 0.1) is 6.92 Å². The Labute approximate surface area is 90.8 Å². The highest BCUT2D eigenvalue weighted by atomic mass is 14.8. The molecule has 0 radical (unpaired) electrons. The average molecular weight is 200 g/mol. The number of hydrogen-bond donors (Lipinski definition) is 1. The van der Waals surface area contributed by atoms with E-state index in [9.17, 15) is 0 Å². The van der Waals surface area contributed by atoms with Crippen LogP contribution in [-0.2, 0) is 0 Å². The molecule has 0 bridgehead atoms. The first-order valence-corrected chi connectivity index (χ1v) is 4.88. The fraction of sp³-hybridized carbons (Fsp3) is 0.154. The summed E-state index contributed by atoms with van der Waals surface area (Å²) in [6.07, 6.45) is 7.68. The van der Waals surface area contributed by atoms with E-state index in [1.54, 1.807) is 12.1 Å². The largest absolute Gasteiger partial charge is 0.384 e. The Morgan fingerprint density at radius 1 is 1.47 bits per heavy atom. The quantitative estimate of drug-likeness (QED) is 0.761. The molecule has 15 heavy (non-hydrogen) atoms. The third-order valence-corrected chi connectivity index (χ3v) is 2.08. The summed E-state index contributed by atoms with van der Waals surface area (Å²) >= 11 is 0. The summed E-state index contributed by atoms with van der Waals surface area (Å²) in [6, 6.07) is 3.76. The van der Waals surface area contributed by atoms with Crippen LogP contribution in [0.15, 0.2) is 43.0 Å². The van der Waals surface area contributed by atoms with Crippen molar-refractivity contribution in [3.8, 4) is 0 Å². The summed E-state index contributed by atoms with van der Waals surface area (Å²) in [5, 5.41) is 0. The minimum atomic E-state index is 0.531. The van der Waals surface area contributed by atoms with Crippen molar-refractivity contribution >= 4 is 11.4 Å². The topological polar surface area (TPSA) is 38.9 Å². The molecule has 78 valence electrons. The highest BCUT2D eigenvalue weighted by molar-refractivity contribution is 5.74. The lowest BCUT2D eigenvalue weighted by atomic mass is 10.1. The van der Waals surface area contributed by atoms with Crippen LogP contribution in [0.25, 0.3) is 5.57 Å². The molecule has 0 amide bonds. The first-order valence-electron chi connectivity index (χ1n) is 4.88. The molecule has 1 aromatic heterocycles. The van der Waals surface area contributed by atoms with Gasteiger partial charge in [0.2, 0.25) is 0 Å². The molecule has 2 N–H and O–H groups in total. The van der Waals surface area contributed by atoms with E-state index < -0.39 is 0 Å². The molecule has 1 aromatic rings. The molecule has 0 spiro atoms. The van der Waals surface area contributed by atoms with E-state index in [-0.39, 0.29) is 0 Å². The van der Waals surface area contributed by atoms with Gasteiger partial charge < -0.3 is 5.73 Å². The molecule has 0 atom stereocenters. The van der Waals surface area contributed by atoms with E-state index in [1.165, 1.54) is 0 Å². The van der Waals surface area contributed by atoms with E-state index in [0.29, 0.717) is 5.82 Å². The lowest BCUT2D eigenvalue weighted by molar-refractivity contribution is 1.23. The third-order valence-electron chi connectivity index (χ3n) is 2.08. The molecule has 0 fully saturated rings. The van der Waals surface area contributed by atoms with Gasteiger partial charge in [0.25, 0.3) is 0 Å². The van der Waals surface area contributed by atoms with Crippen molar-refractivity contribution in [2.24, 2.45) is 0 Å². The van der Waals surface area contributed by atoms with Crippen molar-refractivity contribution in [3.05, 3.63) is 54.3 Å². The monoisotopic (exact) mass is 200 g/mol. The molecule has 2 heteroatoms. The van der Waals surface area contributed by atoms with Gasteiger partial charge >= 0.3 is 0 Å². The van der Waals surface area contributed by atoms with Crippen LogP contribution >= 0.6 is 0 Å². The number of nitrogens with two attached hydrogens (primary N) is 1. The Kier molecular flexibility index (Phi) is 3.86. The Morgan fingerprint density at radius 2 is 2.20 bits per heavy atom. The Hall–Kier alpha value is -1.83. The molecular formula is C13H16N2. The zero-order valence-corrected chi connectivity index (χ0v) is 9.20. The number of aromatic nitrogens is 1. The molecule has 2 nitrogen and oxygen atoms in total. The number of hydrogen-bond acceptors (Lipinski definition) is 2. The number of allylic oxidation sites excluding steroid dienone is 5. The van der Waals surface area contributed by atoms with Gasteiger partial charge in [-0.05, 0) is 31.1 Å². The molecule has 0 aromatic carbocycles. The van der Waals surface area contributed by atoms with Gasteiger partial charge in [0.05, 0.1) is 5.69 Å². The van der Waals surface area contributed by atoms with Crippen LogP contribution in [0.3, 0.4) is 0 Å². The SMILES string of the molecule is C=C/C(=C\C=C\C)c1nc(N)ccc1C. The minimum Gasteiger partial charge on any atom is -0.384 e. The van der Waals surface area contributed by atoms with Gasteiger partial charge in [0.1, 0.15) is 5.82 Å². The average Bonchev–Trinajstić information content (AvgIpc) is 2.24. The van der Waals surface area contributed by atoms with Crippen LogP contribution in [0.4, 0.5) is 5.82 Å². The number of rotatable bonds is 3. The number of nitrogen functional groups attached to an aromatic ring is 1. The molecule has 0 saturated carbocycles. The molecule has 0 unspecified atom stereocenters. The summed E-state index contributed by atoms with van der Waals surface area (Å²) in [5.41, 5.74) is 8.63. The second-order valence-corrected chi connectivity index (χ2v) is 3.25. The summed E-state index contributed by atoms with van der Waals surface area (Å²) in [6.45, 7) is 7.76. The van der Waals surface area contributed by atoms with Gasteiger partial charge in [-0.15, -0.1) is 0 Å². The van der Waals surface area contributed by atoms with Crippen molar-refractivity contribution < 1.29 is 0 Å². The van der Waals surface area contributed by atoms with E-state index in [4.69, 9.17) is 5.73 Å². The maximum absolute atomic E-state index is 5.66. The smallest absolute Gasteiger partial charge is 0.124 e. The molecule has 0 aliphatic rings. The Balaban J connectivity index is 3.23. The van der Waals surface area contributed by atoms with Crippen LogP contribution in [0.1, 0.15) is 18.2 Å². The Morgan fingerprint density at radius 3 is 2.80 bits per heavy atom. The first kappa shape index (κ1) is 11.2. The highest BCUT2D eigenvalue weighted by Crippen LogP contribution is 2.18. The zero-order valence-electron chi connectivity index (χ0n) is 9.20. The summed E-state index contributed by atoms with van der Waals surface area (Å²) in [7, 11) is 0. The molecule has 1 rings (SSSR count). The lowest BCUT2D eigenvalue weighted by Gasteiger charge is -2.05. The van der Waals surface area contributed by atoms with Crippen molar-refractivity contribution in [2.45, 2.75) is 13.8 Å². The van der Waals surface area contributed by atoms with Crippen LogP contribution in [0.5, 0.6) is 0 Å². The maximum atomic E-state index is 5.66. The fourth-order valence-electron chi connectivity index (χ4n) is 1.28. The van der Waals surface area contributed by atoms with E-state index in [2.05, 4.69) is 11.6 Å².